The first-order valence-corrected chi connectivity index (χ1v) is 9.55. The molecule has 0 N–H and O–H groups in total. The Kier molecular flexibility index (Phi) is 4.32. The minimum Gasteiger partial charge on any atom is -0.449 e. The van der Waals surface area contributed by atoms with Crippen LogP contribution in [0.15, 0.2) is 92.9 Å². The summed E-state index contributed by atoms with van der Waals surface area (Å²) in [6.07, 6.45) is 0. The average Bonchev–Trinajstić information content (AvgIpc) is 3.16. The minimum atomic E-state index is -0.467. The van der Waals surface area contributed by atoms with Gasteiger partial charge in [0.15, 0.2) is 0 Å². The van der Waals surface area contributed by atoms with Crippen LogP contribution in [0.5, 0.6) is 0 Å². The van der Waals surface area contributed by atoms with E-state index in [0.29, 0.717) is 16.5 Å². The highest BCUT2D eigenvalue weighted by molar-refractivity contribution is 6.02. The van der Waals surface area contributed by atoms with E-state index in [1.165, 1.54) is 21.3 Å². The number of benzene rings is 3. The highest BCUT2D eigenvalue weighted by Crippen LogP contribution is 2.26. The lowest BCUT2D eigenvalue weighted by molar-refractivity contribution is 0.599. The first kappa shape index (κ1) is 18.1. The summed E-state index contributed by atoms with van der Waals surface area (Å²) in [6, 6.07) is 22.5. The van der Waals surface area contributed by atoms with Gasteiger partial charge in [0.25, 0.3) is 5.56 Å². The first-order chi connectivity index (χ1) is 14.6. The molecule has 30 heavy (non-hydrogen) atoms. The Bertz CT molecular complexity index is 1480. The third-order valence-corrected chi connectivity index (χ3v) is 5.18. The zero-order chi connectivity index (χ0) is 20.7. The SMILES string of the molecule is O=c1c2oc3ccccc3c2n(Cc2ccc(F)cc2)c(=O)n1Cc1ccccc1. The summed E-state index contributed by atoms with van der Waals surface area (Å²) in [4.78, 5) is 26.6. The van der Waals surface area contributed by atoms with Gasteiger partial charge < -0.3 is 4.42 Å². The lowest BCUT2D eigenvalue weighted by Gasteiger charge is -2.12. The third kappa shape index (κ3) is 3.03. The predicted molar refractivity (Wildman–Crippen MR) is 113 cm³/mol. The second-order valence-electron chi connectivity index (χ2n) is 7.15. The van der Waals surface area contributed by atoms with Crippen molar-refractivity contribution in [2.24, 2.45) is 0 Å². The molecule has 0 aliphatic heterocycles. The molecule has 2 heterocycles. The van der Waals surface area contributed by atoms with Gasteiger partial charge >= 0.3 is 5.69 Å². The number of hydrogen-bond donors (Lipinski definition) is 0. The second-order valence-corrected chi connectivity index (χ2v) is 7.15. The molecule has 148 valence electrons. The monoisotopic (exact) mass is 400 g/mol. The summed E-state index contributed by atoms with van der Waals surface area (Å²) < 4.78 is 21.9. The van der Waals surface area contributed by atoms with Crippen LogP contribution in [0, 0.1) is 5.82 Å². The van der Waals surface area contributed by atoms with Gasteiger partial charge in [0, 0.05) is 5.39 Å². The van der Waals surface area contributed by atoms with Crippen molar-refractivity contribution in [3.8, 4) is 0 Å². The third-order valence-electron chi connectivity index (χ3n) is 5.18. The fourth-order valence-corrected chi connectivity index (χ4v) is 3.72. The van der Waals surface area contributed by atoms with E-state index in [1.807, 2.05) is 48.5 Å². The number of para-hydroxylation sites is 1. The van der Waals surface area contributed by atoms with E-state index in [4.69, 9.17) is 4.42 Å². The van der Waals surface area contributed by atoms with Gasteiger partial charge in [0.05, 0.1) is 13.1 Å². The van der Waals surface area contributed by atoms with Gasteiger partial charge in [0.1, 0.15) is 16.9 Å². The number of nitrogens with zero attached hydrogens (tertiary/aromatic N) is 2. The molecule has 0 radical (unpaired) electrons. The molecule has 0 spiro atoms. The van der Waals surface area contributed by atoms with Gasteiger partial charge in [0.2, 0.25) is 5.58 Å². The van der Waals surface area contributed by atoms with Crippen molar-refractivity contribution < 1.29 is 8.81 Å². The molecule has 0 aliphatic carbocycles. The number of furan rings is 1. The number of fused-ring (bicyclic) bond motifs is 3. The van der Waals surface area contributed by atoms with E-state index in [0.717, 1.165) is 11.1 Å². The lowest BCUT2D eigenvalue weighted by atomic mass is 10.2. The van der Waals surface area contributed by atoms with Crippen LogP contribution >= 0.6 is 0 Å². The van der Waals surface area contributed by atoms with Crippen LogP contribution in [0.1, 0.15) is 11.1 Å². The summed E-state index contributed by atoms with van der Waals surface area (Å²) in [5, 5.41) is 0.690. The maximum Gasteiger partial charge on any atom is 0.332 e. The molecule has 0 atom stereocenters. The van der Waals surface area contributed by atoms with Crippen LogP contribution in [-0.2, 0) is 13.1 Å². The van der Waals surface area contributed by atoms with Crippen molar-refractivity contribution in [3.05, 3.63) is 117 Å². The standard InChI is InChI=1S/C24H17FN2O3/c25-18-12-10-17(11-13-18)14-26-21-19-8-4-5-9-20(19)30-22(21)23(28)27(24(26)29)15-16-6-2-1-3-7-16/h1-13H,14-15H2. The average molecular weight is 400 g/mol. The molecule has 0 fully saturated rings. The normalized spacial score (nSPS) is 11.4. The van der Waals surface area contributed by atoms with Crippen LogP contribution in [0.4, 0.5) is 4.39 Å². The molecule has 6 heteroatoms. The molecule has 5 aromatic rings. The van der Waals surface area contributed by atoms with Crippen molar-refractivity contribution in [1.29, 1.82) is 0 Å². The molecule has 0 amide bonds. The van der Waals surface area contributed by atoms with Crippen LogP contribution in [0.2, 0.25) is 0 Å². The van der Waals surface area contributed by atoms with Crippen molar-refractivity contribution in [2.75, 3.05) is 0 Å². The Labute approximate surface area is 170 Å². The topological polar surface area (TPSA) is 57.1 Å². The molecule has 0 unspecified atom stereocenters. The van der Waals surface area contributed by atoms with Gasteiger partial charge in [-0.05, 0) is 35.4 Å². The van der Waals surface area contributed by atoms with Gasteiger partial charge in [-0.3, -0.25) is 13.9 Å². The molecule has 5 nitrogen and oxygen atoms in total. The maximum atomic E-state index is 13.4. The fourth-order valence-electron chi connectivity index (χ4n) is 3.72. The van der Waals surface area contributed by atoms with Crippen LogP contribution in [-0.4, -0.2) is 9.13 Å². The Morgan fingerprint density at radius 1 is 0.733 bits per heavy atom. The molecule has 5 rings (SSSR count). The predicted octanol–water partition coefficient (Wildman–Crippen LogP) is 4.15. The summed E-state index contributed by atoms with van der Waals surface area (Å²) in [5.74, 6) is -0.348. The lowest BCUT2D eigenvalue weighted by Crippen LogP contribution is -2.40. The largest absolute Gasteiger partial charge is 0.449 e. The molecule has 2 aromatic heterocycles. The molecule has 3 aromatic carbocycles. The minimum absolute atomic E-state index is 0.133. The maximum absolute atomic E-state index is 13.4. The van der Waals surface area contributed by atoms with Crippen LogP contribution < -0.4 is 11.2 Å². The van der Waals surface area contributed by atoms with E-state index >= 15 is 0 Å². The highest BCUT2D eigenvalue weighted by atomic mass is 19.1. The Hall–Kier alpha value is -3.93. The summed E-state index contributed by atoms with van der Waals surface area (Å²) >= 11 is 0. The number of hydrogen-bond acceptors (Lipinski definition) is 3. The zero-order valence-corrected chi connectivity index (χ0v) is 15.9. The zero-order valence-electron chi connectivity index (χ0n) is 15.9. The number of rotatable bonds is 4. The van der Waals surface area contributed by atoms with Gasteiger partial charge in [-0.1, -0.05) is 54.6 Å². The molecular weight excluding hydrogens is 383 g/mol. The Morgan fingerprint density at radius 2 is 1.37 bits per heavy atom. The van der Waals surface area contributed by atoms with E-state index in [1.54, 1.807) is 18.2 Å². The molecule has 0 bridgehead atoms. The van der Waals surface area contributed by atoms with E-state index in [2.05, 4.69) is 0 Å². The number of aromatic nitrogens is 2. The fraction of sp³-hybridized carbons (Fsp3) is 0.0833. The molecule has 0 saturated carbocycles. The van der Waals surface area contributed by atoms with Crippen molar-refractivity contribution in [2.45, 2.75) is 13.1 Å². The quantitative estimate of drug-likeness (QED) is 0.456. The summed E-state index contributed by atoms with van der Waals surface area (Å²) in [5.41, 5.74) is 1.80. The van der Waals surface area contributed by atoms with E-state index < -0.39 is 11.2 Å². The Morgan fingerprint density at radius 3 is 2.13 bits per heavy atom. The van der Waals surface area contributed by atoms with Crippen LogP contribution in [0.25, 0.3) is 22.1 Å². The molecule has 0 aliphatic rings. The Balaban J connectivity index is 1.79. The summed E-state index contributed by atoms with van der Waals surface area (Å²) in [7, 11) is 0. The molecular formula is C24H17FN2O3. The van der Waals surface area contributed by atoms with Crippen molar-refractivity contribution >= 4 is 22.1 Å². The van der Waals surface area contributed by atoms with E-state index in [9.17, 15) is 14.0 Å². The van der Waals surface area contributed by atoms with Crippen molar-refractivity contribution in [3.63, 3.8) is 0 Å². The van der Waals surface area contributed by atoms with E-state index in [-0.39, 0.29) is 24.5 Å². The second kappa shape index (κ2) is 7.15. The van der Waals surface area contributed by atoms with Gasteiger partial charge in [-0.2, -0.15) is 0 Å². The van der Waals surface area contributed by atoms with Gasteiger partial charge in [-0.15, -0.1) is 0 Å². The van der Waals surface area contributed by atoms with Crippen LogP contribution in [0.3, 0.4) is 0 Å². The first-order valence-electron chi connectivity index (χ1n) is 9.55. The molecule has 0 saturated heterocycles. The van der Waals surface area contributed by atoms with Gasteiger partial charge in [-0.25, -0.2) is 9.18 Å². The number of halogens is 1. The smallest absolute Gasteiger partial charge is 0.332 e. The van der Waals surface area contributed by atoms with Crippen molar-refractivity contribution in [1.82, 2.24) is 9.13 Å². The highest BCUT2D eigenvalue weighted by Gasteiger charge is 2.20. The summed E-state index contributed by atoms with van der Waals surface area (Å²) in [6.45, 7) is 0.323.